The van der Waals surface area contributed by atoms with Gasteiger partial charge < -0.3 is 0 Å². The first-order chi connectivity index (χ1) is 4.95. The lowest BCUT2D eigenvalue weighted by Crippen LogP contribution is -2.35. The van der Waals surface area contributed by atoms with Gasteiger partial charge in [0.15, 0.2) is 5.81 Å². The molecular weight excluding hydrogens is 141 g/mol. The average Bonchev–Trinajstić information content (AvgIpc) is 1.83. The summed E-state index contributed by atoms with van der Waals surface area (Å²) < 4.78 is 0. The summed E-state index contributed by atoms with van der Waals surface area (Å²) in [5, 5.41) is 0. The molecule has 0 fully saturated rings. The third-order valence-electron chi connectivity index (χ3n) is 0.847. The molecule has 0 spiro atoms. The van der Waals surface area contributed by atoms with Gasteiger partial charge in [0.1, 0.15) is 0 Å². The van der Waals surface area contributed by atoms with Crippen molar-refractivity contribution in [1.82, 2.24) is 5.48 Å². The van der Waals surface area contributed by atoms with E-state index in [1.165, 1.54) is 7.28 Å². The van der Waals surface area contributed by atoms with Crippen LogP contribution in [0.3, 0.4) is 0 Å². The number of hydrogen-bond acceptors (Lipinski definition) is 2. The van der Waals surface area contributed by atoms with Crippen molar-refractivity contribution in [1.29, 1.82) is 0 Å². The quantitative estimate of drug-likeness (QED) is 0.497. The van der Waals surface area contributed by atoms with Gasteiger partial charge in [-0.1, -0.05) is 13.2 Å². The molecule has 63 valence electrons. The Kier molecular flexibility index (Phi) is 4.19. The highest BCUT2D eigenvalue weighted by molar-refractivity contribution is 6.73. The van der Waals surface area contributed by atoms with Crippen molar-refractivity contribution in [3.8, 4) is 0 Å². The highest BCUT2D eigenvalue weighted by Gasteiger charge is 2.12. The van der Waals surface area contributed by atoms with Crippen LogP contribution in [0.2, 0.25) is 6.32 Å². The van der Waals surface area contributed by atoms with Gasteiger partial charge in [-0.3, -0.25) is 9.63 Å². The Morgan fingerprint density at radius 2 is 2.09 bits per heavy atom. The largest absolute Gasteiger partial charge is 0.286 e. The number of amides is 1. The molecule has 0 saturated carbocycles. The number of nitrogens with one attached hydrogen (secondary N) is 1. The molecule has 0 heterocycles. The lowest BCUT2D eigenvalue weighted by Gasteiger charge is -2.18. The minimum Gasteiger partial charge on any atom is -0.286 e. The molecule has 11 heavy (non-hydrogen) atoms. The standard InChI is InChI=1S/C7H15BNO2/c1-5-8-6(10)9-11-7(2,3)4/h5H2,1-4H3,(H,9,10). The van der Waals surface area contributed by atoms with Gasteiger partial charge in [0.25, 0.3) is 0 Å². The molecule has 0 atom stereocenters. The van der Waals surface area contributed by atoms with E-state index in [1.54, 1.807) is 0 Å². The van der Waals surface area contributed by atoms with Crippen molar-refractivity contribution in [2.45, 2.75) is 39.6 Å². The summed E-state index contributed by atoms with van der Waals surface area (Å²) in [5.41, 5.74) is 2.01. The fraction of sp³-hybridized carbons (Fsp3) is 0.857. The van der Waals surface area contributed by atoms with Crippen LogP contribution in [-0.2, 0) is 4.84 Å². The van der Waals surface area contributed by atoms with Crippen LogP contribution >= 0.6 is 0 Å². The Balaban J connectivity index is 3.46. The highest BCUT2D eigenvalue weighted by Crippen LogP contribution is 2.03. The van der Waals surface area contributed by atoms with Gasteiger partial charge in [-0.15, -0.1) is 0 Å². The molecule has 0 rings (SSSR count). The lowest BCUT2D eigenvalue weighted by atomic mass is 9.75. The van der Waals surface area contributed by atoms with Gasteiger partial charge in [0.05, 0.1) is 5.60 Å². The number of carbonyl (C=O) groups excluding carboxylic acids is 1. The monoisotopic (exact) mass is 156 g/mol. The topological polar surface area (TPSA) is 38.3 Å². The Hall–Kier alpha value is -0.505. The second-order valence-corrected chi connectivity index (χ2v) is 3.29. The predicted octanol–water partition coefficient (Wildman–Crippen LogP) is 1.57. The molecule has 0 bridgehead atoms. The van der Waals surface area contributed by atoms with Gasteiger partial charge >= 0.3 is 0 Å². The minimum absolute atomic E-state index is 0.178. The number of carbonyl (C=O) groups is 1. The average molecular weight is 156 g/mol. The number of hydroxylamine groups is 1. The third-order valence-corrected chi connectivity index (χ3v) is 0.847. The van der Waals surface area contributed by atoms with E-state index in [9.17, 15) is 4.79 Å². The van der Waals surface area contributed by atoms with Crippen molar-refractivity contribution in [2.24, 2.45) is 0 Å². The first-order valence-electron chi connectivity index (χ1n) is 3.77. The molecule has 0 aromatic heterocycles. The van der Waals surface area contributed by atoms with Crippen molar-refractivity contribution in [2.75, 3.05) is 0 Å². The Morgan fingerprint density at radius 1 is 1.55 bits per heavy atom. The lowest BCUT2D eigenvalue weighted by molar-refractivity contribution is -0.0487. The Labute approximate surface area is 68.7 Å². The van der Waals surface area contributed by atoms with Crippen molar-refractivity contribution < 1.29 is 9.63 Å². The van der Waals surface area contributed by atoms with E-state index in [0.717, 1.165) is 6.32 Å². The maximum absolute atomic E-state index is 10.8. The molecule has 0 aliphatic carbocycles. The molecule has 0 aliphatic heterocycles. The summed E-state index contributed by atoms with van der Waals surface area (Å²) in [7, 11) is 1.53. The Bertz CT molecular complexity index is 131. The second kappa shape index (κ2) is 4.39. The van der Waals surface area contributed by atoms with E-state index in [1.807, 2.05) is 27.7 Å². The normalized spacial score (nSPS) is 10.9. The van der Waals surface area contributed by atoms with E-state index < -0.39 is 0 Å². The molecule has 0 aliphatic rings. The van der Waals surface area contributed by atoms with Gasteiger partial charge in [-0.25, -0.2) is 5.48 Å². The van der Waals surface area contributed by atoms with E-state index in [2.05, 4.69) is 5.48 Å². The smallest absolute Gasteiger partial charge is 0.235 e. The van der Waals surface area contributed by atoms with Crippen LogP contribution in [0, 0.1) is 0 Å². The molecular formula is C7H15BNO2. The molecule has 0 unspecified atom stereocenters. The van der Waals surface area contributed by atoms with Crippen molar-refractivity contribution in [3.63, 3.8) is 0 Å². The van der Waals surface area contributed by atoms with E-state index >= 15 is 0 Å². The molecule has 1 radical (unpaired) electrons. The molecule has 0 saturated heterocycles. The summed E-state index contributed by atoms with van der Waals surface area (Å²) in [4.78, 5) is 15.8. The maximum Gasteiger partial charge on any atom is 0.235 e. The molecule has 3 nitrogen and oxygen atoms in total. The molecule has 0 aromatic rings. The number of hydrogen-bond donors (Lipinski definition) is 1. The zero-order valence-corrected chi connectivity index (χ0v) is 7.60. The summed E-state index contributed by atoms with van der Waals surface area (Å²) in [6.07, 6.45) is 0.722. The van der Waals surface area contributed by atoms with Gasteiger partial charge in [-0.2, -0.15) is 0 Å². The van der Waals surface area contributed by atoms with Crippen LogP contribution in [-0.4, -0.2) is 18.7 Å². The van der Waals surface area contributed by atoms with Crippen LogP contribution in [0.5, 0.6) is 0 Å². The number of rotatable bonds is 3. The van der Waals surface area contributed by atoms with Crippen LogP contribution in [0.4, 0.5) is 4.79 Å². The molecule has 1 amide bonds. The summed E-state index contributed by atoms with van der Waals surface area (Å²) in [6, 6.07) is 0. The van der Waals surface area contributed by atoms with Crippen LogP contribution in [0.15, 0.2) is 0 Å². The van der Waals surface area contributed by atoms with E-state index in [4.69, 9.17) is 4.84 Å². The predicted molar refractivity (Wildman–Crippen MR) is 45.6 cm³/mol. The summed E-state index contributed by atoms with van der Waals surface area (Å²) in [5.74, 6) is -0.178. The first-order valence-corrected chi connectivity index (χ1v) is 3.77. The van der Waals surface area contributed by atoms with Crippen LogP contribution in [0.1, 0.15) is 27.7 Å². The van der Waals surface area contributed by atoms with Crippen molar-refractivity contribution >= 4 is 13.1 Å². The fourth-order valence-corrected chi connectivity index (χ4v) is 0.430. The van der Waals surface area contributed by atoms with Crippen LogP contribution < -0.4 is 5.48 Å². The SMILES string of the molecule is CC[B]C(=O)NOC(C)(C)C. The second-order valence-electron chi connectivity index (χ2n) is 3.29. The molecule has 0 aromatic carbocycles. The maximum atomic E-state index is 10.8. The van der Waals surface area contributed by atoms with Gasteiger partial charge in [0.2, 0.25) is 7.28 Å². The fourth-order valence-electron chi connectivity index (χ4n) is 0.430. The molecule has 4 heteroatoms. The zero-order valence-electron chi connectivity index (χ0n) is 7.60. The minimum atomic E-state index is -0.322. The Morgan fingerprint density at radius 3 is 2.45 bits per heavy atom. The first kappa shape index (κ1) is 10.5. The zero-order chi connectivity index (χ0) is 8.91. The van der Waals surface area contributed by atoms with E-state index in [-0.39, 0.29) is 11.4 Å². The highest BCUT2D eigenvalue weighted by atomic mass is 16.7. The van der Waals surface area contributed by atoms with Gasteiger partial charge in [-0.05, 0) is 20.8 Å². The van der Waals surface area contributed by atoms with E-state index in [0.29, 0.717) is 0 Å². The van der Waals surface area contributed by atoms with Gasteiger partial charge in [0, 0.05) is 0 Å². The molecule has 1 N–H and O–H groups in total. The van der Waals surface area contributed by atoms with Crippen molar-refractivity contribution in [3.05, 3.63) is 0 Å². The summed E-state index contributed by atoms with van der Waals surface area (Å²) in [6.45, 7) is 7.52. The summed E-state index contributed by atoms with van der Waals surface area (Å²) >= 11 is 0. The van der Waals surface area contributed by atoms with Crippen LogP contribution in [0.25, 0.3) is 0 Å². The third kappa shape index (κ3) is 7.39.